The van der Waals surface area contributed by atoms with Gasteiger partial charge in [-0.1, -0.05) is 26.3 Å². The van der Waals surface area contributed by atoms with Crippen LogP contribution in [0.3, 0.4) is 0 Å². The zero-order chi connectivity index (χ0) is 13.0. The van der Waals surface area contributed by atoms with Crippen LogP contribution >= 0.6 is 15.9 Å². The van der Waals surface area contributed by atoms with Crippen molar-refractivity contribution in [2.45, 2.75) is 33.2 Å². The third kappa shape index (κ3) is 3.53. The van der Waals surface area contributed by atoms with Crippen LogP contribution in [-0.2, 0) is 0 Å². The molecule has 2 atom stereocenters. The minimum atomic E-state index is -0.506. The molecule has 1 N–H and O–H groups in total. The SMILES string of the molecule is CCC(C)C(C)NC(=O)c1c(F)cccc1Br. The molecule has 1 rings (SSSR count). The number of carbonyl (C=O) groups is 1. The highest BCUT2D eigenvalue weighted by Crippen LogP contribution is 2.20. The Labute approximate surface area is 110 Å². The summed E-state index contributed by atoms with van der Waals surface area (Å²) in [7, 11) is 0. The number of nitrogens with one attached hydrogen (secondary N) is 1. The molecule has 1 aromatic carbocycles. The molecule has 0 aliphatic rings. The van der Waals surface area contributed by atoms with Gasteiger partial charge < -0.3 is 5.32 Å². The maximum Gasteiger partial charge on any atom is 0.255 e. The van der Waals surface area contributed by atoms with Gasteiger partial charge in [0.25, 0.3) is 5.91 Å². The summed E-state index contributed by atoms with van der Waals surface area (Å²) in [5.41, 5.74) is 0.0719. The van der Waals surface area contributed by atoms with Gasteiger partial charge in [-0.25, -0.2) is 4.39 Å². The number of carbonyl (C=O) groups excluding carboxylic acids is 1. The standard InChI is InChI=1S/C13H17BrFNO/c1-4-8(2)9(3)16-13(17)12-10(14)6-5-7-11(12)15/h5-9H,4H2,1-3H3,(H,16,17). The molecule has 2 nitrogen and oxygen atoms in total. The fourth-order valence-electron chi connectivity index (χ4n) is 1.49. The lowest BCUT2D eigenvalue weighted by atomic mass is 10.0. The van der Waals surface area contributed by atoms with Crippen molar-refractivity contribution >= 4 is 21.8 Å². The highest BCUT2D eigenvalue weighted by atomic mass is 79.9. The van der Waals surface area contributed by atoms with E-state index in [1.165, 1.54) is 6.07 Å². The van der Waals surface area contributed by atoms with E-state index in [0.717, 1.165) is 6.42 Å². The quantitative estimate of drug-likeness (QED) is 0.901. The molecule has 0 saturated carbocycles. The topological polar surface area (TPSA) is 29.1 Å². The summed E-state index contributed by atoms with van der Waals surface area (Å²) in [5, 5.41) is 2.82. The molecular weight excluding hydrogens is 285 g/mol. The van der Waals surface area contributed by atoms with Crippen LogP contribution in [0, 0.1) is 11.7 Å². The van der Waals surface area contributed by atoms with Crippen LogP contribution in [0.25, 0.3) is 0 Å². The number of hydrogen-bond acceptors (Lipinski definition) is 1. The minimum absolute atomic E-state index is 0.0269. The Kier molecular flexibility index (Phi) is 5.12. The molecule has 0 radical (unpaired) electrons. The second-order valence-electron chi connectivity index (χ2n) is 4.24. The number of amides is 1. The van der Waals surface area contributed by atoms with Crippen molar-refractivity contribution in [3.63, 3.8) is 0 Å². The van der Waals surface area contributed by atoms with E-state index in [9.17, 15) is 9.18 Å². The summed E-state index contributed by atoms with van der Waals surface area (Å²) in [6.45, 7) is 6.05. The molecule has 94 valence electrons. The van der Waals surface area contributed by atoms with Crippen LogP contribution in [0.1, 0.15) is 37.6 Å². The van der Waals surface area contributed by atoms with E-state index in [4.69, 9.17) is 0 Å². The molecule has 2 unspecified atom stereocenters. The molecule has 0 fully saturated rings. The first-order valence-electron chi connectivity index (χ1n) is 5.72. The van der Waals surface area contributed by atoms with Gasteiger partial charge in [-0.15, -0.1) is 0 Å². The van der Waals surface area contributed by atoms with Gasteiger partial charge in [0.2, 0.25) is 0 Å². The molecule has 0 saturated heterocycles. The largest absolute Gasteiger partial charge is 0.349 e. The molecular formula is C13H17BrFNO. The monoisotopic (exact) mass is 301 g/mol. The maximum atomic E-state index is 13.5. The second kappa shape index (κ2) is 6.15. The van der Waals surface area contributed by atoms with Gasteiger partial charge in [0.05, 0.1) is 5.56 Å². The summed E-state index contributed by atoms with van der Waals surface area (Å²) in [5.74, 6) is -0.513. The van der Waals surface area contributed by atoms with Gasteiger partial charge in [-0.2, -0.15) is 0 Å². The van der Waals surface area contributed by atoms with Gasteiger partial charge in [-0.05, 0) is 40.9 Å². The van der Waals surface area contributed by atoms with E-state index in [2.05, 4.69) is 35.1 Å². The van der Waals surface area contributed by atoms with Crippen LogP contribution in [0.2, 0.25) is 0 Å². The number of rotatable bonds is 4. The van der Waals surface area contributed by atoms with Crippen molar-refractivity contribution < 1.29 is 9.18 Å². The van der Waals surface area contributed by atoms with E-state index >= 15 is 0 Å². The molecule has 0 bridgehead atoms. The van der Waals surface area contributed by atoms with E-state index in [0.29, 0.717) is 10.4 Å². The Morgan fingerprint density at radius 3 is 2.65 bits per heavy atom. The van der Waals surface area contributed by atoms with E-state index in [1.54, 1.807) is 12.1 Å². The predicted molar refractivity (Wildman–Crippen MR) is 70.5 cm³/mol. The molecule has 0 spiro atoms. The van der Waals surface area contributed by atoms with Gasteiger partial charge in [0.1, 0.15) is 5.82 Å². The normalized spacial score (nSPS) is 14.2. The lowest BCUT2D eigenvalue weighted by molar-refractivity contribution is 0.0923. The summed E-state index contributed by atoms with van der Waals surface area (Å²) in [6.07, 6.45) is 0.972. The fourth-order valence-corrected chi connectivity index (χ4v) is 2.01. The molecule has 4 heteroatoms. The molecule has 1 aromatic rings. The Hall–Kier alpha value is -0.900. The number of halogens is 2. The van der Waals surface area contributed by atoms with Crippen molar-refractivity contribution in [1.82, 2.24) is 5.32 Å². The summed E-state index contributed by atoms with van der Waals surface area (Å²) >= 11 is 3.19. The van der Waals surface area contributed by atoms with Gasteiger partial charge in [0, 0.05) is 10.5 Å². The van der Waals surface area contributed by atoms with E-state index in [1.807, 2.05) is 6.92 Å². The summed E-state index contributed by atoms with van der Waals surface area (Å²) in [6, 6.07) is 4.53. The van der Waals surface area contributed by atoms with Crippen LogP contribution in [0.4, 0.5) is 4.39 Å². The first-order valence-corrected chi connectivity index (χ1v) is 6.51. The van der Waals surface area contributed by atoms with Crippen molar-refractivity contribution in [3.05, 3.63) is 34.1 Å². The molecule has 0 heterocycles. The Morgan fingerprint density at radius 2 is 2.12 bits per heavy atom. The zero-order valence-corrected chi connectivity index (χ0v) is 11.8. The first-order chi connectivity index (χ1) is 7.97. The Balaban J connectivity index is 2.84. The van der Waals surface area contributed by atoms with Crippen molar-refractivity contribution in [3.8, 4) is 0 Å². The average molecular weight is 302 g/mol. The molecule has 0 aliphatic carbocycles. The third-order valence-electron chi connectivity index (χ3n) is 3.05. The Bertz CT molecular complexity index is 388. The predicted octanol–water partition coefficient (Wildman–Crippen LogP) is 3.75. The van der Waals surface area contributed by atoms with E-state index in [-0.39, 0.29) is 17.5 Å². The molecule has 17 heavy (non-hydrogen) atoms. The van der Waals surface area contributed by atoms with Gasteiger partial charge in [-0.3, -0.25) is 4.79 Å². The second-order valence-corrected chi connectivity index (χ2v) is 5.10. The highest BCUT2D eigenvalue weighted by molar-refractivity contribution is 9.10. The van der Waals surface area contributed by atoms with Gasteiger partial charge >= 0.3 is 0 Å². The lowest BCUT2D eigenvalue weighted by Crippen LogP contribution is -2.37. The van der Waals surface area contributed by atoms with Crippen molar-refractivity contribution in [2.24, 2.45) is 5.92 Å². The van der Waals surface area contributed by atoms with Crippen molar-refractivity contribution in [2.75, 3.05) is 0 Å². The van der Waals surface area contributed by atoms with Crippen LogP contribution in [0.5, 0.6) is 0 Å². The average Bonchev–Trinajstić information content (AvgIpc) is 2.27. The van der Waals surface area contributed by atoms with E-state index < -0.39 is 5.82 Å². The summed E-state index contributed by atoms with van der Waals surface area (Å²) < 4.78 is 14.0. The molecule has 1 amide bonds. The van der Waals surface area contributed by atoms with Crippen LogP contribution in [0.15, 0.2) is 22.7 Å². The third-order valence-corrected chi connectivity index (χ3v) is 3.71. The lowest BCUT2D eigenvalue weighted by Gasteiger charge is -2.20. The smallest absolute Gasteiger partial charge is 0.255 e. The molecule has 0 aromatic heterocycles. The van der Waals surface area contributed by atoms with Crippen LogP contribution < -0.4 is 5.32 Å². The zero-order valence-electron chi connectivity index (χ0n) is 10.3. The molecule has 0 aliphatic heterocycles. The fraction of sp³-hybridized carbons (Fsp3) is 0.462. The Morgan fingerprint density at radius 1 is 1.47 bits per heavy atom. The highest BCUT2D eigenvalue weighted by Gasteiger charge is 2.19. The first kappa shape index (κ1) is 14.2. The van der Waals surface area contributed by atoms with Crippen molar-refractivity contribution in [1.29, 1.82) is 0 Å². The summed E-state index contributed by atoms with van der Waals surface area (Å²) in [4.78, 5) is 11.9. The van der Waals surface area contributed by atoms with Crippen LogP contribution in [-0.4, -0.2) is 11.9 Å². The minimum Gasteiger partial charge on any atom is -0.349 e. The number of hydrogen-bond donors (Lipinski definition) is 1. The maximum absolute atomic E-state index is 13.5. The number of benzene rings is 1. The van der Waals surface area contributed by atoms with Gasteiger partial charge in [0.15, 0.2) is 0 Å².